The zero-order valence-electron chi connectivity index (χ0n) is 42.1. The van der Waals surface area contributed by atoms with Gasteiger partial charge in [0.15, 0.2) is 18.9 Å². The van der Waals surface area contributed by atoms with E-state index >= 15 is 0 Å². The molecule has 80 heavy (non-hydrogen) atoms. The normalized spacial score (nSPS) is 9.01. The van der Waals surface area contributed by atoms with E-state index in [4.69, 9.17) is 21.1 Å². The van der Waals surface area contributed by atoms with Crippen LogP contribution in [0.5, 0.6) is 11.5 Å². The van der Waals surface area contributed by atoms with Crippen molar-refractivity contribution in [3.63, 3.8) is 0 Å². The lowest BCUT2D eigenvalue weighted by molar-refractivity contribution is -0.394. The molecule has 19 nitrogen and oxygen atoms in total. The van der Waals surface area contributed by atoms with E-state index in [1.807, 2.05) is 36.4 Å². The van der Waals surface area contributed by atoms with Gasteiger partial charge in [-0.2, -0.15) is 0 Å². The first-order valence-electron chi connectivity index (χ1n) is 22.3. The fourth-order valence-electron chi connectivity index (χ4n) is 5.26. The second kappa shape index (κ2) is 40.0. The van der Waals surface area contributed by atoms with E-state index in [0.29, 0.717) is 51.2 Å². The molecule has 0 amide bonds. The van der Waals surface area contributed by atoms with Gasteiger partial charge in [-0.05, 0) is 97.1 Å². The monoisotopic (exact) mass is 1170 g/mol. The number of hydrogen-bond donors (Lipinski definition) is 0. The molecule has 0 fully saturated rings. The molecule has 8 rings (SSSR count). The van der Waals surface area contributed by atoms with Crippen LogP contribution in [0.1, 0.15) is 82.9 Å². The van der Waals surface area contributed by atoms with Crippen LogP contribution in [-0.4, -0.2) is 79.3 Å². The Balaban J connectivity index is 0.000000459. The van der Waals surface area contributed by atoms with Gasteiger partial charge in [-0.3, -0.25) is 68.7 Å². The number of halogens is 3. The number of hydrogen-bond acceptors (Lipinski definition) is 16. The molecule has 0 atom stereocenters. The number of methoxy groups -OCH3 is 2. The second-order valence-electron chi connectivity index (χ2n) is 14.6. The van der Waals surface area contributed by atoms with Crippen LogP contribution in [0.3, 0.4) is 0 Å². The largest absolute Gasteiger partial charge is 0.497 e. The predicted molar refractivity (Wildman–Crippen MR) is 300 cm³/mol. The number of non-ortho nitro benzene ring substituents is 1. The number of nitro groups is 3. The molecule has 0 radical (unpaired) electrons. The average Bonchev–Trinajstić information content (AvgIpc) is 3.50. The minimum absolute atomic E-state index is 0.109. The zero-order valence-corrected chi connectivity index (χ0v) is 44.4. The third kappa shape index (κ3) is 27.4. The van der Waals surface area contributed by atoms with Crippen LogP contribution in [0.4, 0.5) is 21.5 Å². The van der Waals surface area contributed by atoms with Gasteiger partial charge >= 0.3 is 0 Å². The molecule has 0 aliphatic rings. The molecule has 22 heteroatoms. The maximum absolute atomic E-state index is 12.1. The lowest BCUT2D eigenvalue weighted by atomic mass is 10.2. The van der Waals surface area contributed by atoms with Crippen LogP contribution in [0.2, 0.25) is 5.02 Å². The average molecular weight is 1180 g/mol. The molecule has 0 bridgehead atoms. The highest BCUT2D eigenvalue weighted by Gasteiger charge is 2.18. The van der Waals surface area contributed by atoms with E-state index in [9.17, 15) is 73.1 Å². The van der Waals surface area contributed by atoms with Crippen LogP contribution in [0.25, 0.3) is 0 Å². The molecule has 8 aromatic rings. The highest BCUT2D eigenvalue weighted by molar-refractivity contribution is 9.10. The fourth-order valence-corrected chi connectivity index (χ4v) is 5.65. The van der Waals surface area contributed by atoms with Gasteiger partial charge in [0.05, 0.1) is 51.7 Å². The summed E-state index contributed by atoms with van der Waals surface area (Å²) in [6.45, 7) is 0. The van der Waals surface area contributed by atoms with Gasteiger partial charge in [0.25, 0.3) is 17.1 Å². The van der Waals surface area contributed by atoms with Crippen molar-refractivity contribution in [2.24, 2.45) is 0 Å². The quantitative estimate of drug-likeness (QED) is 0.0589. The van der Waals surface area contributed by atoms with Crippen molar-refractivity contribution in [3.05, 3.63) is 284 Å². The molecule has 0 N–H and O–H groups in total. The summed E-state index contributed by atoms with van der Waals surface area (Å²) in [5.74, 6) is 1.07. The Bertz CT molecular complexity index is 3130. The molecule has 0 saturated heterocycles. The number of benzene rings is 8. The van der Waals surface area contributed by atoms with E-state index in [0.717, 1.165) is 65.4 Å². The Hall–Kier alpha value is -10.4. The smallest absolute Gasteiger partial charge is 0.286 e. The third-order valence-electron chi connectivity index (χ3n) is 9.28. The molecule has 0 unspecified atom stereocenters. The molecule has 0 heterocycles. The van der Waals surface area contributed by atoms with Gasteiger partial charge in [-0.15, -0.1) is 0 Å². The number of aldehydes is 8. The molecule has 410 valence electrons. The van der Waals surface area contributed by atoms with Crippen molar-refractivity contribution in [1.82, 2.24) is 0 Å². The maximum Gasteiger partial charge on any atom is 0.286 e. The third-order valence-corrected chi connectivity index (χ3v) is 10.1. The van der Waals surface area contributed by atoms with Crippen molar-refractivity contribution >= 4 is 94.9 Å². The molecule has 0 aromatic heterocycles. The molecule has 8 aromatic carbocycles. The Morgan fingerprint density at radius 1 is 0.412 bits per heavy atom. The number of carbonyl (C=O) groups excluding carboxylic acids is 8. The van der Waals surface area contributed by atoms with Gasteiger partial charge in [0.2, 0.25) is 0 Å². The van der Waals surface area contributed by atoms with Crippen LogP contribution in [0, 0.1) is 36.2 Å². The standard InChI is InChI=1S/2C8H8O2.C7H5BrO.C7H5ClO.C7H5FO.C7H4N2O5.C7H5NO3.C7H6O/c1-10-8-4-2-7(6-9)3-5-8;1-10-8-5-3-2-4-7(8)6-9;3*8-7-3-1-6(5-9)2-4-7;10-4-5-1-2-6(8(11)12)3-7(5)9(13)14;9-5-6-3-1-2-4-7(6)8(10)11;8-6-7-4-2-1-3-5-7/h2*2-6H,1H3;3*1-5H;1-4H;1-5H;1-6H. The Labute approximate surface area is 469 Å². The molecule has 0 aliphatic heterocycles. The van der Waals surface area contributed by atoms with Gasteiger partial charge < -0.3 is 9.47 Å². The first-order chi connectivity index (χ1) is 38.5. The van der Waals surface area contributed by atoms with E-state index in [1.165, 1.54) is 42.5 Å². The van der Waals surface area contributed by atoms with Crippen LogP contribution in [0.15, 0.2) is 199 Å². The van der Waals surface area contributed by atoms with Crippen molar-refractivity contribution in [1.29, 1.82) is 0 Å². The van der Waals surface area contributed by atoms with E-state index < -0.39 is 26.1 Å². The van der Waals surface area contributed by atoms with Crippen molar-refractivity contribution in [2.75, 3.05) is 14.2 Å². The topological polar surface area (TPSA) is 284 Å². The molecular weight excluding hydrogens is 1130 g/mol. The Morgan fingerprint density at radius 3 is 1.19 bits per heavy atom. The molecule has 0 spiro atoms. The SMILES string of the molecule is COc1ccc(C=O)cc1.COc1ccccc1C=O.O=Cc1ccc(Br)cc1.O=Cc1ccc(Cl)cc1.O=Cc1ccc(F)cc1.O=Cc1ccc([N+](=O)[O-])cc1[N+](=O)[O-].O=Cc1ccccc1.O=Cc1ccccc1[N+](=O)[O-]. The van der Waals surface area contributed by atoms with Crippen LogP contribution in [-0.2, 0) is 0 Å². The minimum atomic E-state index is -0.837. The van der Waals surface area contributed by atoms with Gasteiger partial charge in [-0.1, -0.05) is 106 Å². The van der Waals surface area contributed by atoms with Gasteiger partial charge in [0.1, 0.15) is 48.7 Å². The number of nitrogens with zero attached hydrogens (tertiary/aromatic N) is 3. The number of nitro benzene ring substituents is 3. The summed E-state index contributed by atoms with van der Waals surface area (Å²) >= 11 is 8.81. The maximum atomic E-state index is 12.1. The first-order valence-corrected chi connectivity index (χ1v) is 23.5. The summed E-state index contributed by atoms with van der Waals surface area (Å²) in [4.78, 5) is 110. The Morgan fingerprint density at radius 2 is 0.800 bits per heavy atom. The van der Waals surface area contributed by atoms with Crippen molar-refractivity contribution in [2.45, 2.75) is 0 Å². The summed E-state index contributed by atoms with van der Waals surface area (Å²) in [6.07, 6.45) is 5.46. The summed E-state index contributed by atoms with van der Waals surface area (Å²) in [5.41, 5.74) is 2.64. The summed E-state index contributed by atoms with van der Waals surface area (Å²) < 4.78 is 22.9. The summed E-state index contributed by atoms with van der Waals surface area (Å²) in [7, 11) is 3.14. The second-order valence-corrected chi connectivity index (χ2v) is 15.9. The number of carbonyl (C=O) groups is 8. The first kappa shape index (κ1) is 67.6. The molecule has 0 aliphatic carbocycles. The molecular formula is C58H46BrClFN3O16. The minimum Gasteiger partial charge on any atom is -0.497 e. The number of ether oxygens (including phenoxy) is 2. The van der Waals surface area contributed by atoms with Gasteiger partial charge in [0, 0.05) is 49.4 Å². The zero-order chi connectivity index (χ0) is 59.7. The lowest BCUT2D eigenvalue weighted by Gasteiger charge is -1.99. The van der Waals surface area contributed by atoms with E-state index in [2.05, 4.69) is 15.9 Å². The van der Waals surface area contributed by atoms with Crippen molar-refractivity contribution in [3.8, 4) is 11.5 Å². The lowest BCUT2D eigenvalue weighted by Crippen LogP contribution is -1.96. The number of para-hydroxylation sites is 2. The number of rotatable bonds is 13. The van der Waals surface area contributed by atoms with E-state index in [1.54, 1.807) is 111 Å². The van der Waals surface area contributed by atoms with Crippen LogP contribution < -0.4 is 9.47 Å². The predicted octanol–water partition coefficient (Wildman–Crippen LogP) is 13.3. The fraction of sp³-hybridized carbons (Fsp3) is 0.0345. The molecule has 0 saturated carbocycles. The van der Waals surface area contributed by atoms with Crippen molar-refractivity contribution < 1.29 is 67.0 Å². The highest BCUT2D eigenvalue weighted by Crippen LogP contribution is 2.23. The van der Waals surface area contributed by atoms with Crippen LogP contribution >= 0.6 is 27.5 Å². The summed E-state index contributed by atoms with van der Waals surface area (Å²) in [5, 5.41) is 31.5. The highest BCUT2D eigenvalue weighted by atomic mass is 79.9. The van der Waals surface area contributed by atoms with E-state index in [-0.39, 0.29) is 28.9 Å². The van der Waals surface area contributed by atoms with Gasteiger partial charge in [-0.25, -0.2) is 4.39 Å². The Kier molecular flexibility index (Phi) is 33.8. The summed E-state index contributed by atoms with van der Waals surface area (Å²) in [6, 6.07) is 51.1.